The molecule has 0 saturated carbocycles. The van der Waals surface area contributed by atoms with Crippen LogP contribution in [0, 0.1) is 5.92 Å². The van der Waals surface area contributed by atoms with Crippen LogP contribution in [-0.2, 0) is 38.3 Å². The summed E-state index contributed by atoms with van der Waals surface area (Å²) in [6.07, 6.45) is -10.3. The van der Waals surface area contributed by atoms with E-state index in [1.807, 2.05) is 0 Å². The summed E-state index contributed by atoms with van der Waals surface area (Å²) in [5.74, 6) is -0.213. The number of oxime groups is 1. The van der Waals surface area contributed by atoms with Gasteiger partial charge in [0.25, 0.3) is 5.60 Å². The lowest BCUT2D eigenvalue weighted by Gasteiger charge is -2.46. The van der Waals surface area contributed by atoms with E-state index in [0.717, 1.165) is 6.20 Å². The molecule has 6 nitrogen and oxygen atoms in total. The van der Waals surface area contributed by atoms with Crippen LogP contribution in [0.4, 0.5) is 30.7 Å². The molecule has 2 aromatic rings. The van der Waals surface area contributed by atoms with Crippen LogP contribution < -0.4 is 0 Å². The monoisotopic (exact) mass is 617 g/mol. The standard InChI is InChI=1S/C23H16Cl2F7N3O3S/c24-15-4-13(3-14(18(15)25)22(27,28)29)21(23(30,31)32)5-16(34-38-21)11-1-2-17(33-6-11)20(26)9-35(10-20)19(36)12-7-39(37)8-12/h1-4,6,12H,5,7-10H2. The van der Waals surface area contributed by atoms with Crippen LogP contribution in [0.3, 0.4) is 0 Å². The van der Waals surface area contributed by atoms with E-state index in [1.54, 1.807) is 0 Å². The maximum Gasteiger partial charge on any atom is 0.435 e. The first kappa shape index (κ1) is 28.2. The number of rotatable bonds is 4. The van der Waals surface area contributed by atoms with Crippen molar-refractivity contribution in [3.05, 3.63) is 62.9 Å². The molecule has 0 N–H and O–H groups in total. The molecule has 0 spiro atoms. The summed E-state index contributed by atoms with van der Waals surface area (Å²) < 4.78 is 110. The molecule has 39 heavy (non-hydrogen) atoms. The molecule has 1 atom stereocenters. The highest BCUT2D eigenvalue weighted by Crippen LogP contribution is 2.51. The number of aromatic nitrogens is 1. The SMILES string of the molecule is O=C(C1C[S+]([O-])C1)N1CC(F)(c2ccc(C3=NOC(c4cc(Cl)c(Cl)c(C(F)(F)F)c4)(C(F)(F)F)C3)cn2)C1. The zero-order chi connectivity index (χ0) is 28.5. The van der Waals surface area contributed by atoms with Gasteiger partial charge in [-0.15, -0.1) is 0 Å². The number of carbonyl (C=O) groups is 1. The van der Waals surface area contributed by atoms with Gasteiger partial charge in [-0.2, -0.15) is 26.3 Å². The Hall–Kier alpha value is -2.29. The zero-order valence-electron chi connectivity index (χ0n) is 19.4. The Balaban J connectivity index is 1.35. The molecule has 2 fully saturated rings. The predicted octanol–water partition coefficient (Wildman–Crippen LogP) is 5.37. The van der Waals surface area contributed by atoms with Crippen molar-refractivity contribution in [2.75, 3.05) is 24.6 Å². The normalized spacial score (nSPS) is 26.4. The second-order valence-corrected chi connectivity index (χ2v) is 11.8. The van der Waals surface area contributed by atoms with Crippen molar-refractivity contribution in [1.29, 1.82) is 0 Å². The van der Waals surface area contributed by atoms with Crippen molar-refractivity contribution < 1.29 is 44.9 Å². The Bertz CT molecular complexity index is 1340. The maximum absolute atomic E-state index is 15.3. The highest BCUT2D eigenvalue weighted by Gasteiger charge is 2.63. The molecule has 1 aromatic carbocycles. The number of benzene rings is 1. The molecular weight excluding hydrogens is 602 g/mol. The fourth-order valence-corrected chi connectivity index (χ4v) is 6.11. The van der Waals surface area contributed by atoms with E-state index in [9.17, 15) is 35.7 Å². The highest BCUT2D eigenvalue weighted by molar-refractivity contribution is 7.92. The fraction of sp³-hybridized carbons (Fsp3) is 0.435. The summed E-state index contributed by atoms with van der Waals surface area (Å²) in [6.45, 7) is -0.553. The number of carbonyl (C=O) groups excluding carboxylic acids is 1. The molecular formula is C23H16Cl2F7N3O3S. The number of pyridine rings is 1. The lowest BCUT2D eigenvalue weighted by molar-refractivity contribution is -0.276. The molecule has 0 bridgehead atoms. The maximum atomic E-state index is 15.3. The van der Waals surface area contributed by atoms with E-state index in [-0.39, 0.29) is 53.5 Å². The summed E-state index contributed by atoms with van der Waals surface area (Å²) >= 11 is 10.3. The first-order valence-electron chi connectivity index (χ1n) is 11.2. The second-order valence-electron chi connectivity index (χ2n) is 9.51. The van der Waals surface area contributed by atoms with Gasteiger partial charge in [-0.1, -0.05) is 39.5 Å². The molecule has 5 rings (SSSR count). The third kappa shape index (κ3) is 4.82. The number of nitrogens with zero attached hydrogens (tertiary/aromatic N) is 3. The topological polar surface area (TPSA) is 77.8 Å². The van der Waals surface area contributed by atoms with Gasteiger partial charge in [0.1, 0.15) is 17.4 Å². The van der Waals surface area contributed by atoms with Crippen molar-refractivity contribution in [2.45, 2.75) is 30.0 Å². The van der Waals surface area contributed by atoms with Crippen LogP contribution in [-0.4, -0.2) is 56.8 Å². The average Bonchev–Trinajstić information content (AvgIpc) is 3.28. The predicted molar refractivity (Wildman–Crippen MR) is 126 cm³/mol. The van der Waals surface area contributed by atoms with Gasteiger partial charge in [-0.25, -0.2) is 4.39 Å². The summed E-state index contributed by atoms with van der Waals surface area (Å²) in [4.78, 5) is 22.3. The third-order valence-electron chi connectivity index (χ3n) is 6.86. The number of alkyl halides is 7. The summed E-state index contributed by atoms with van der Waals surface area (Å²) in [7, 11) is 0. The van der Waals surface area contributed by atoms with E-state index in [0.29, 0.717) is 6.07 Å². The highest BCUT2D eigenvalue weighted by atomic mass is 35.5. The number of hydrogen-bond donors (Lipinski definition) is 0. The summed E-state index contributed by atoms with van der Waals surface area (Å²) in [6, 6.07) is 3.35. The molecule has 16 heteroatoms. The minimum absolute atomic E-state index is 0.0220. The van der Waals surface area contributed by atoms with Gasteiger partial charge < -0.3 is 14.3 Å². The number of likely N-dealkylation sites (tertiary alicyclic amines) is 1. The molecule has 0 aliphatic carbocycles. The summed E-state index contributed by atoms with van der Waals surface area (Å²) in [5.41, 5.74) is -8.11. The van der Waals surface area contributed by atoms with Crippen LogP contribution in [0.5, 0.6) is 0 Å². The van der Waals surface area contributed by atoms with Gasteiger partial charge in [0.15, 0.2) is 5.67 Å². The average molecular weight is 618 g/mol. The van der Waals surface area contributed by atoms with Crippen molar-refractivity contribution in [3.8, 4) is 0 Å². The zero-order valence-corrected chi connectivity index (χ0v) is 21.7. The fourth-order valence-electron chi connectivity index (χ4n) is 4.59. The Morgan fingerprint density at radius 2 is 1.79 bits per heavy atom. The van der Waals surface area contributed by atoms with Crippen molar-refractivity contribution >= 4 is 46.0 Å². The third-order valence-corrected chi connectivity index (χ3v) is 9.21. The smallest absolute Gasteiger partial charge is 0.435 e. The van der Waals surface area contributed by atoms with Crippen LogP contribution in [0.2, 0.25) is 10.0 Å². The molecule has 3 aliphatic heterocycles. The number of halogens is 9. The molecule has 0 radical (unpaired) electrons. The molecule has 2 saturated heterocycles. The Morgan fingerprint density at radius 1 is 1.13 bits per heavy atom. The molecule has 210 valence electrons. The Kier molecular flexibility index (Phi) is 6.80. The van der Waals surface area contributed by atoms with Gasteiger partial charge in [-0.05, 0) is 24.3 Å². The number of amides is 1. The molecule has 1 amide bonds. The van der Waals surface area contributed by atoms with E-state index >= 15 is 4.39 Å². The number of hydrogen-bond acceptors (Lipinski definition) is 5. The molecule has 1 aromatic heterocycles. The van der Waals surface area contributed by atoms with Crippen LogP contribution in [0.15, 0.2) is 35.6 Å². The van der Waals surface area contributed by atoms with Gasteiger partial charge >= 0.3 is 12.4 Å². The lowest BCUT2D eigenvalue weighted by atomic mass is 9.85. The van der Waals surface area contributed by atoms with Gasteiger partial charge in [0, 0.05) is 17.3 Å². The first-order chi connectivity index (χ1) is 18.0. The lowest BCUT2D eigenvalue weighted by Crippen LogP contribution is -2.62. The van der Waals surface area contributed by atoms with E-state index in [1.165, 1.54) is 17.0 Å². The van der Waals surface area contributed by atoms with Crippen LogP contribution in [0.1, 0.15) is 28.8 Å². The van der Waals surface area contributed by atoms with Gasteiger partial charge in [-0.3, -0.25) is 9.78 Å². The minimum Gasteiger partial charge on any atom is -0.616 e. The molecule has 4 heterocycles. The Morgan fingerprint density at radius 3 is 2.33 bits per heavy atom. The Labute approximate surface area is 229 Å². The first-order valence-corrected chi connectivity index (χ1v) is 13.5. The van der Waals surface area contributed by atoms with Gasteiger partial charge in [0.2, 0.25) is 5.91 Å². The van der Waals surface area contributed by atoms with Gasteiger partial charge in [0.05, 0.1) is 46.5 Å². The largest absolute Gasteiger partial charge is 0.616 e. The molecule has 1 unspecified atom stereocenters. The van der Waals surface area contributed by atoms with Crippen LogP contribution >= 0.6 is 23.2 Å². The van der Waals surface area contributed by atoms with Crippen molar-refractivity contribution in [3.63, 3.8) is 0 Å². The van der Waals surface area contributed by atoms with Crippen molar-refractivity contribution in [1.82, 2.24) is 9.88 Å². The van der Waals surface area contributed by atoms with E-state index < -0.39 is 68.3 Å². The summed E-state index contributed by atoms with van der Waals surface area (Å²) in [5, 5.41) is 1.77. The van der Waals surface area contributed by atoms with E-state index in [2.05, 4.69) is 10.1 Å². The van der Waals surface area contributed by atoms with E-state index in [4.69, 9.17) is 28.0 Å². The minimum atomic E-state index is -5.22. The molecule has 3 aliphatic rings. The second kappa shape index (κ2) is 9.38. The van der Waals surface area contributed by atoms with Crippen LogP contribution in [0.25, 0.3) is 0 Å². The quantitative estimate of drug-likeness (QED) is 0.341. The van der Waals surface area contributed by atoms with Crippen molar-refractivity contribution in [2.24, 2.45) is 11.1 Å².